The van der Waals surface area contributed by atoms with Gasteiger partial charge in [0.15, 0.2) is 0 Å². The average Bonchev–Trinajstić information content (AvgIpc) is 3.58. The molecule has 0 heterocycles. The Labute approximate surface area is 211 Å². The standard InChI is InChI=1S/C16H12F2O.C16H10F2/c17-14-5-1-3-12-10(14)7-9-8-11-13(16(9,12)19)4-2-6-15(11)18;17-14-5-1-3-10-12(14)7-9-8-13-11(16(9)10)4-2-6-15(13)18/h1-6,9,19H,7-8H2;1-6H,7-8H2. The first kappa shape index (κ1) is 22.5. The van der Waals surface area contributed by atoms with Crippen LogP contribution in [-0.4, -0.2) is 5.11 Å². The Hall–Kier alpha value is -3.70. The minimum Gasteiger partial charge on any atom is -0.380 e. The van der Waals surface area contributed by atoms with Crippen LogP contribution in [0.4, 0.5) is 17.6 Å². The Kier molecular flexibility index (Phi) is 4.80. The van der Waals surface area contributed by atoms with Crippen LogP contribution in [0.2, 0.25) is 0 Å². The molecule has 0 spiro atoms. The monoisotopic (exact) mass is 498 g/mol. The molecule has 4 aliphatic rings. The third-order valence-electron chi connectivity index (χ3n) is 8.46. The molecule has 4 aromatic rings. The Morgan fingerprint density at radius 2 is 0.973 bits per heavy atom. The summed E-state index contributed by atoms with van der Waals surface area (Å²) in [4.78, 5) is 0. The Morgan fingerprint density at radius 3 is 1.43 bits per heavy atom. The zero-order valence-corrected chi connectivity index (χ0v) is 19.8. The van der Waals surface area contributed by atoms with E-state index in [1.165, 1.54) is 24.3 Å². The molecule has 4 aromatic carbocycles. The molecule has 0 aromatic heterocycles. The molecular weight excluding hydrogens is 476 g/mol. The van der Waals surface area contributed by atoms with Gasteiger partial charge in [0.1, 0.15) is 28.9 Å². The molecule has 0 amide bonds. The van der Waals surface area contributed by atoms with E-state index in [4.69, 9.17) is 0 Å². The Morgan fingerprint density at radius 1 is 0.568 bits per heavy atom. The highest BCUT2D eigenvalue weighted by Gasteiger charge is 2.53. The van der Waals surface area contributed by atoms with E-state index in [0.717, 1.165) is 33.4 Å². The summed E-state index contributed by atoms with van der Waals surface area (Å²) in [7, 11) is 0. The van der Waals surface area contributed by atoms with E-state index in [1.807, 2.05) is 12.1 Å². The highest BCUT2D eigenvalue weighted by atomic mass is 19.1. The summed E-state index contributed by atoms with van der Waals surface area (Å²) in [6.07, 6.45) is 2.16. The molecule has 0 fully saturated rings. The van der Waals surface area contributed by atoms with Crippen LogP contribution in [0.25, 0.3) is 5.57 Å². The molecule has 0 atom stereocenters. The molecule has 37 heavy (non-hydrogen) atoms. The lowest BCUT2D eigenvalue weighted by atomic mass is 9.86. The van der Waals surface area contributed by atoms with E-state index in [9.17, 15) is 22.7 Å². The van der Waals surface area contributed by atoms with Crippen LogP contribution >= 0.6 is 0 Å². The summed E-state index contributed by atoms with van der Waals surface area (Å²) in [5, 5.41) is 11.1. The van der Waals surface area contributed by atoms with E-state index in [1.54, 1.807) is 36.4 Å². The van der Waals surface area contributed by atoms with Crippen LogP contribution in [0.3, 0.4) is 0 Å². The number of halogens is 4. The minimum atomic E-state index is -1.23. The first-order valence-corrected chi connectivity index (χ1v) is 12.4. The van der Waals surface area contributed by atoms with Gasteiger partial charge < -0.3 is 5.11 Å². The SMILES string of the molecule is Fc1cccc2c1CC1=C2c2cccc(F)c2C1.OC12c3cccc(F)c3CC1Cc1c(F)cccc12. The van der Waals surface area contributed by atoms with Gasteiger partial charge in [0, 0.05) is 5.92 Å². The molecule has 0 bridgehead atoms. The van der Waals surface area contributed by atoms with Crippen LogP contribution in [0.15, 0.2) is 78.4 Å². The van der Waals surface area contributed by atoms with Gasteiger partial charge >= 0.3 is 0 Å². The van der Waals surface area contributed by atoms with Gasteiger partial charge in [-0.15, -0.1) is 0 Å². The maximum absolute atomic E-state index is 13.8. The Bertz CT molecular complexity index is 1540. The van der Waals surface area contributed by atoms with Crippen molar-refractivity contribution in [2.24, 2.45) is 5.92 Å². The zero-order chi connectivity index (χ0) is 25.5. The lowest BCUT2D eigenvalue weighted by Crippen LogP contribution is -2.28. The van der Waals surface area contributed by atoms with E-state index in [-0.39, 0.29) is 29.2 Å². The van der Waals surface area contributed by atoms with Crippen molar-refractivity contribution in [2.75, 3.05) is 0 Å². The highest BCUT2D eigenvalue weighted by molar-refractivity contribution is 5.92. The van der Waals surface area contributed by atoms with Crippen LogP contribution in [0.1, 0.15) is 44.5 Å². The first-order chi connectivity index (χ1) is 17.9. The molecule has 0 unspecified atom stereocenters. The maximum Gasteiger partial charge on any atom is 0.127 e. The molecule has 0 radical (unpaired) electrons. The third kappa shape index (κ3) is 3.07. The van der Waals surface area contributed by atoms with Gasteiger partial charge in [0.2, 0.25) is 0 Å². The molecule has 0 saturated heterocycles. The molecule has 0 saturated carbocycles. The lowest BCUT2D eigenvalue weighted by molar-refractivity contribution is 0.0442. The van der Waals surface area contributed by atoms with Crippen LogP contribution in [-0.2, 0) is 31.3 Å². The molecule has 1 nitrogen and oxygen atoms in total. The van der Waals surface area contributed by atoms with Crippen molar-refractivity contribution in [3.63, 3.8) is 0 Å². The minimum absolute atomic E-state index is 0.153. The second-order valence-electron chi connectivity index (χ2n) is 10.3. The predicted molar refractivity (Wildman–Crippen MR) is 133 cm³/mol. The van der Waals surface area contributed by atoms with Crippen molar-refractivity contribution in [3.05, 3.63) is 146 Å². The van der Waals surface area contributed by atoms with E-state index >= 15 is 0 Å². The molecule has 184 valence electrons. The largest absolute Gasteiger partial charge is 0.380 e. The van der Waals surface area contributed by atoms with Gasteiger partial charge in [-0.05, 0) is 100 Å². The number of hydrogen-bond donors (Lipinski definition) is 1. The van der Waals surface area contributed by atoms with Gasteiger partial charge in [0.05, 0.1) is 0 Å². The third-order valence-corrected chi connectivity index (χ3v) is 8.46. The number of benzene rings is 4. The summed E-state index contributed by atoms with van der Waals surface area (Å²) in [6, 6.07) is 19.8. The van der Waals surface area contributed by atoms with Gasteiger partial charge in [-0.2, -0.15) is 0 Å². The fourth-order valence-corrected chi connectivity index (χ4v) is 6.83. The second-order valence-corrected chi connectivity index (χ2v) is 10.3. The van der Waals surface area contributed by atoms with Crippen LogP contribution < -0.4 is 0 Å². The second kappa shape index (κ2) is 7.90. The summed E-state index contributed by atoms with van der Waals surface area (Å²) in [5.41, 5.74) is 6.72. The smallest absolute Gasteiger partial charge is 0.127 e. The van der Waals surface area contributed by atoms with Crippen LogP contribution in [0, 0.1) is 29.2 Å². The molecule has 4 aliphatic carbocycles. The maximum atomic E-state index is 13.8. The van der Waals surface area contributed by atoms with E-state index in [2.05, 4.69) is 0 Å². The van der Waals surface area contributed by atoms with Gasteiger partial charge in [0.25, 0.3) is 0 Å². The van der Waals surface area contributed by atoms with E-state index in [0.29, 0.717) is 47.9 Å². The lowest BCUT2D eigenvalue weighted by Gasteiger charge is -2.25. The summed E-state index contributed by atoms with van der Waals surface area (Å²) >= 11 is 0. The van der Waals surface area contributed by atoms with Crippen molar-refractivity contribution >= 4 is 5.57 Å². The molecule has 0 aliphatic heterocycles. The number of hydrogen-bond acceptors (Lipinski definition) is 1. The van der Waals surface area contributed by atoms with E-state index < -0.39 is 5.60 Å². The van der Waals surface area contributed by atoms with Crippen molar-refractivity contribution in [1.82, 2.24) is 0 Å². The van der Waals surface area contributed by atoms with Gasteiger partial charge in [-0.1, -0.05) is 54.1 Å². The fraction of sp³-hybridized carbons (Fsp3) is 0.188. The molecular formula is C32H22F4O. The fourth-order valence-electron chi connectivity index (χ4n) is 6.83. The van der Waals surface area contributed by atoms with Crippen LogP contribution in [0.5, 0.6) is 0 Å². The molecule has 1 N–H and O–H groups in total. The average molecular weight is 499 g/mol. The predicted octanol–water partition coefficient (Wildman–Crippen LogP) is 6.81. The first-order valence-electron chi connectivity index (χ1n) is 12.4. The van der Waals surface area contributed by atoms with Gasteiger partial charge in [-0.3, -0.25) is 0 Å². The van der Waals surface area contributed by atoms with Gasteiger partial charge in [-0.25, -0.2) is 17.6 Å². The van der Waals surface area contributed by atoms with Crippen molar-refractivity contribution in [3.8, 4) is 0 Å². The summed E-state index contributed by atoms with van der Waals surface area (Å²) in [6.45, 7) is 0. The Balaban J connectivity index is 0.000000125. The number of rotatable bonds is 0. The molecule has 8 rings (SSSR count). The highest BCUT2D eigenvalue weighted by Crippen LogP contribution is 2.54. The zero-order valence-electron chi connectivity index (χ0n) is 19.8. The molecule has 5 heteroatoms. The normalized spacial score (nSPS) is 21.5. The number of allylic oxidation sites excluding steroid dienone is 1. The summed E-state index contributed by atoms with van der Waals surface area (Å²) in [5.74, 6) is -1.03. The van der Waals surface area contributed by atoms with Crippen molar-refractivity contribution in [2.45, 2.75) is 31.3 Å². The van der Waals surface area contributed by atoms with Crippen molar-refractivity contribution in [1.29, 1.82) is 0 Å². The number of fused-ring (bicyclic) bond motifs is 9. The topological polar surface area (TPSA) is 20.2 Å². The quantitative estimate of drug-likeness (QED) is 0.264. The van der Waals surface area contributed by atoms with Crippen molar-refractivity contribution < 1.29 is 22.7 Å². The number of aliphatic hydroxyl groups is 1. The summed E-state index contributed by atoms with van der Waals surface area (Å²) < 4.78 is 55.2.